The van der Waals surface area contributed by atoms with Gasteiger partial charge < -0.3 is 10.2 Å². The van der Waals surface area contributed by atoms with Crippen LogP contribution in [0.25, 0.3) is 0 Å². The molecule has 0 radical (unpaired) electrons. The zero-order chi connectivity index (χ0) is 17.0. The molecule has 0 atom stereocenters. The molecule has 2 aromatic carbocycles. The van der Waals surface area contributed by atoms with Crippen molar-refractivity contribution in [3.8, 4) is 11.5 Å². The van der Waals surface area contributed by atoms with Crippen LogP contribution in [0.2, 0.25) is 0 Å². The SMILES string of the molecule is CC(C)(C)c1cccc(O)c1.CC(C)(C)c1ccccc1O. The lowest BCUT2D eigenvalue weighted by molar-refractivity contribution is 0.447. The fraction of sp³-hybridized carbons (Fsp3) is 0.400. The first-order chi connectivity index (χ1) is 10.0. The highest BCUT2D eigenvalue weighted by molar-refractivity contribution is 5.36. The topological polar surface area (TPSA) is 40.5 Å². The highest BCUT2D eigenvalue weighted by atomic mass is 16.3. The molecule has 0 unspecified atom stereocenters. The van der Waals surface area contributed by atoms with E-state index in [1.807, 2.05) is 30.3 Å². The Hall–Kier alpha value is -1.96. The lowest BCUT2D eigenvalue weighted by Crippen LogP contribution is -2.10. The summed E-state index contributed by atoms with van der Waals surface area (Å²) in [5, 5.41) is 18.6. The summed E-state index contributed by atoms with van der Waals surface area (Å²) in [6, 6.07) is 14.9. The van der Waals surface area contributed by atoms with E-state index in [-0.39, 0.29) is 10.8 Å². The lowest BCUT2D eigenvalue weighted by Gasteiger charge is -2.19. The Morgan fingerprint density at radius 3 is 1.64 bits per heavy atom. The second-order valence-electron chi connectivity index (χ2n) is 7.57. The number of hydrogen-bond donors (Lipinski definition) is 2. The molecule has 2 rings (SSSR count). The highest BCUT2D eigenvalue weighted by Gasteiger charge is 2.16. The molecule has 0 aliphatic rings. The summed E-state index contributed by atoms with van der Waals surface area (Å²) >= 11 is 0. The minimum atomic E-state index is 0.0331. The fourth-order valence-electron chi connectivity index (χ4n) is 2.08. The van der Waals surface area contributed by atoms with Crippen molar-refractivity contribution in [3.05, 3.63) is 59.7 Å². The molecule has 0 aliphatic carbocycles. The van der Waals surface area contributed by atoms with Crippen LogP contribution in [0.15, 0.2) is 48.5 Å². The second-order valence-corrected chi connectivity index (χ2v) is 7.57. The maximum atomic E-state index is 9.45. The summed E-state index contributed by atoms with van der Waals surface area (Å²) in [6.45, 7) is 12.6. The van der Waals surface area contributed by atoms with E-state index in [1.54, 1.807) is 18.2 Å². The Balaban J connectivity index is 0.000000220. The maximum Gasteiger partial charge on any atom is 0.119 e. The van der Waals surface area contributed by atoms with E-state index in [1.165, 1.54) is 0 Å². The van der Waals surface area contributed by atoms with Gasteiger partial charge in [-0.2, -0.15) is 0 Å². The van der Waals surface area contributed by atoms with Gasteiger partial charge >= 0.3 is 0 Å². The van der Waals surface area contributed by atoms with Gasteiger partial charge in [0.1, 0.15) is 11.5 Å². The molecule has 2 aromatic rings. The molecule has 0 amide bonds. The number of aromatic hydroxyl groups is 2. The first-order valence-corrected chi connectivity index (χ1v) is 7.60. The predicted octanol–water partition coefficient (Wildman–Crippen LogP) is 5.38. The molecular weight excluding hydrogens is 272 g/mol. The molecule has 0 spiro atoms. The molecule has 0 aromatic heterocycles. The Kier molecular flexibility index (Phi) is 5.65. The van der Waals surface area contributed by atoms with Crippen LogP contribution < -0.4 is 0 Å². The predicted molar refractivity (Wildman–Crippen MR) is 93.6 cm³/mol. The third kappa shape index (κ3) is 5.44. The molecular formula is C20H28O2. The summed E-state index contributed by atoms with van der Waals surface area (Å²) in [4.78, 5) is 0. The van der Waals surface area contributed by atoms with Crippen LogP contribution in [-0.4, -0.2) is 10.2 Å². The third-order valence-electron chi connectivity index (χ3n) is 3.42. The fourth-order valence-corrected chi connectivity index (χ4v) is 2.08. The molecule has 2 heteroatoms. The van der Waals surface area contributed by atoms with Gasteiger partial charge in [-0.15, -0.1) is 0 Å². The monoisotopic (exact) mass is 300 g/mol. The van der Waals surface area contributed by atoms with Gasteiger partial charge in [-0.1, -0.05) is 71.9 Å². The molecule has 0 bridgehead atoms. The van der Waals surface area contributed by atoms with Gasteiger partial charge in [-0.05, 0) is 40.2 Å². The standard InChI is InChI=1S/2C10H14O/c1-10(2,3)8-5-4-6-9(11)7-8;1-10(2,3)8-6-4-5-7-9(8)11/h2*4-7,11H,1-3H3. The first-order valence-electron chi connectivity index (χ1n) is 7.60. The molecule has 120 valence electrons. The van der Waals surface area contributed by atoms with Crippen molar-refractivity contribution in [2.75, 3.05) is 0 Å². The minimum Gasteiger partial charge on any atom is -0.508 e. The van der Waals surface area contributed by atoms with Crippen molar-refractivity contribution in [2.45, 2.75) is 52.4 Å². The molecule has 0 fully saturated rings. The van der Waals surface area contributed by atoms with Crippen LogP contribution in [0.1, 0.15) is 52.7 Å². The average Bonchev–Trinajstić information content (AvgIpc) is 2.37. The van der Waals surface area contributed by atoms with Crippen LogP contribution in [0, 0.1) is 0 Å². The Morgan fingerprint density at radius 2 is 1.27 bits per heavy atom. The van der Waals surface area contributed by atoms with E-state index < -0.39 is 0 Å². The minimum absolute atomic E-state index is 0.0331. The maximum absolute atomic E-state index is 9.45. The third-order valence-corrected chi connectivity index (χ3v) is 3.42. The van der Waals surface area contributed by atoms with Crippen molar-refractivity contribution >= 4 is 0 Å². The van der Waals surface area contributed by atoms with Gasteiger partial charge in [0.15, 0.2) is 0 Å². The van der Waals surface area contributed by atoms with Gasteiger partial charge in [0, 0.05) is 0 Å². The van der Waals surface area contributed by atoms with Gasteiger partial charge in [0.05, 0.1) is 0 Å². The lowest BCUT2D eigenvalue weighted by atomic mass is 9.86. The number of phenolic OH excluding ortho intramolecular Hbond substituents is 2. The largest absolute Gasteiger partial charge is 0.508 e. The summed E-state index contributed by atoms with van der Waals surface area (Å²) in [5.41, 5.74) is 2.32. The van der Waals surface area contributed by atoms with Crippen LogP contribution in [0.4, 0.5) is 0 Å². The zero-order valence-electron chi connectivity index (χ0n) is 14.5. The highest BCUT2D eigenvalue weighted by Crippen LogP contribution is 2.29. The van der Waals surface area contributed by atoms with Crippen molar-refractivity contribution in [1.82, 2.24) is 0 Å². The van der Waals surface area contributed by atoms with Gasteiger partial charge in [0.25, 0.3) is 0 Å². The van der Waals surface area contributed by atoms with E-state index >= 15 is 0 Å². The van der Waals surface area contributed by atoms with Crippen LogP contribution in [0.3, 0.4) is 0 Å². The average molecular weight is 300 g/mol. The van der Waals surface area contributed by atoms with Gasteiger partial charge in [0.2, 0.25) is 0 Å². The zero-order valence-corrected chi connectivity index (χ0v) is 14.5. The summed E-state index contributed by atoms with van der Waals surface area (Å²) in [5.74, 6) is 0.734. The van der Waals surface area contributed by atoms with Crippen LogP contribution >= 0.6 is 0 Å². The summed E-state index contributed by atoms with van der Waals surface area (Å²) in [6.07, 6.45) is 0. The van der Waals surface area contributed by atoms with E-state index in [0.29, 0.717) is 11.5 Å². The number of phenols is 2. The van der Waals surface area contributed by atoms with Crippen molar-refractivity contribution in [3.63, 3.8) is 0 Å². The van der Waals surface area contributed by atoms with Crippen LogP contribution in [-0.2, 0) is 10.8 Å². The first kappa shape index (κ1) is 18.1. The smallest absolute Gasteiger partial charge is 0.119 e. The quantitative estimate of drug-likeness (QED) is 0.685. The Labute approximate surface area is 134 Å². The number of benzene rings is 2. The molecule has 2 nitrogen and oxygen atoms in total. The number of para-hydroxylation sites is 1. The van der Waals surface area contributed by atoms with Gasteiger partial charge in [-0.3, -0.25) is 0 Å². The van der Waals surface area contributed by atoms with Crippen molar-refractivity contribution < 1.29 is 10.2 Å². The molecule has 22 heavy (non-hydrogen) atoms. The van der Waals surface area contributed by atoms with E-state index in [4.69, 9.17) is 0 Å². The molecule has 0 aliphatic heterocycles. The number of hydrogen-bond acceptors (Lipinski definition) is 2. The number of rotatable bonds is 0. The molecule has 0 saturated heterocycles. The summed E-state index contributed by atoms with van der Waals surface area (Å²) < 4.78 is 0. The normalized spacial score (nSPS) is 11.5. The van der Waals surface area contributed by atoms with E-state index in [0.717, 1.165) is 11.1 Å². The molecule has 0 saturated carbocycles. The Bertz CT molecular complexity index is 602. The van der Waals surface area contributed by atoms with E-state index in [2.05, 4.69) is 41.5 Å². The second kappa shape index (κ2) is 6.87. The van der Waals surface area contributed by atoms with Crippen molar-refractivity contribution in [1.29, 1.82) is 0 Å². The molecule has 0 heterocycles. The molecule has 2 N–H and O–H groups in total. The Morgan fingerprint density at radius 1 is 0.682 bits per heavy atom. The van der Waals surface area contributed by atoms with E-state index in [9.17, 15) is 10.2 Å². The summed E-state index contributed by atoms with van der Waals surface area (Å²) in [7, 11) is 0. The van der Waals surface area contributed by atoms with Gasteiger partial charge in [-0.25, -0.2) is 0 Å². The van der Waals surface area contributed by atoms with Crippen molar-refractivity contribution in [2.24, 2.45) is 0 Å². The van der Waals surface area contributed by atoms with Crippen LogP contribution in [0.5, 0.6) is 11.5 Å².